The average molecular weight is 422 g/mol. The number of methoxy groups -OCH3 is 1. The lowest BCUT2D eigenvalue weighted by atomic mass is 9.98. The van der Waals surface area contributed by atoms with Gasteiger partial charge >= 0.3 is 12.1 Å². The number of hydrogen-bond acceptors (Lipinski definition) is 5. The Morgan fingerprint density at radius 2 is 1.79 bits per heavy atom. The van der Waals surface area contributed by atoms with Gasteiger partial charge in [0.2, 0.25) is 0 Å². The van der Waals surface area contributed by atoms with E-state index in [1.54, 1.807) is 4.90 Å². The zero-order valence-corrected chi connectivity index (χ0v) is 19.6. The van der Waals surface area contributed by atoms with Crippen LogP contribution in [-0.4, -0.2) is 51.1 Å². The van der Waals surface area contributed by atoms with Crippen molar-refractivity contribution in [2.75, 3.05) is 13.7 Å². The molecule has 7 heteroatoms. The molecule has 0 saturated carbocycles. The summed E-state index contributed by atoms with van der Waals surface area (Å²) in [5, 5.41) is 0.0918. The summed E-state index contributed by atoms with van der Waals surface area (Å²) in [6.07, 6.45) is 1.22. The van der Waals surface area contributed by atoms with E-state index in [-0.39, 0.29) is 36.2 Å². The van der Waals surface area contributed by atoms with Crippen molar-refractivity contribution in [2.24, 2.45) is 0 Å². The highest BCUT2D eigenvalue weighted by Crippen LogP contribution is 2.38. The van der Waals surface area contributed by atoms with Crippen LogP contribution in [0.4, 0.5) is 4.79 Å². The number of benzene rings is 1. The van der Waals surface area contributed by atoms with Gasteiger partial charge in [-0.15, -0.1) is 0 Å². The first-order chi connectivity index (χ1) is 13.5. The zero-order valence-electron chi connectivity index (χ0n) is 18.6. The van der Waals surface area contributed by atoms with E-state index in [1.165, 1.54) is 7.11 Å². The molecule has 0 bridgehead atoms. The first-order valence-corrected chi connectivity index (χ1v) is 13.2. The molecule has 1 amide bonds. The molecule has 1 aromatic rings. The molecule has 1 heterocycles. The van der Waals surface area contributed by atoms with Gasteiger partial charge in [-0.3, -0.25) is 4.79 Å². The second kappa shape index (κ2) is 9.76. The molecule has 162 valence electrons. The summed E-state index contributed by atoms with van der Waals surface area (Å²) < 4.78 is 16.9. The maximum atomic E-state index is 12.9. The number of hydrogen-bond donors (Lipinski definition) is 0. The molecule has 1 fully saturated rings. The first kappa shape index (κ1) is 23.4. The Labute approximate surface area is 175 Å². The fourth-order valence-electron chi connectivity index (χ4n) is 3.20. The van der Waals surface area contributed by atoms with Crippen LogP contribution in [-0.2, 0) is 25.3 Å². The third-order valence-corrected chi connectivity index (χ3v) is 10.5. The molecule has 6 nitrogen and oxygen atoms in total. The fraction of sp³-hybridized carbons (Fsp3) is 0.636. The van der Waals surface area contributed by atoms with Gasteiger partial charge in [0.25, 0.3) is 0 Å². The summed E-state index contributed by atoms with van der Waals surface area (Å²) in [5.74, 6) is -0.320. The monoisotopic (exact) mass is 421 g/mol. The van der Waals surface area contributed by atoms with Crippen LogP contribution in [0.2, 0.25) is 18.1 Å². The van der Waals surface area contributed by atoms with E-state index in [0.717, 1.165) is 12.0 Å². The van der Waals surface area contributed by atoms with E-state index in [0.29, 0.717) is 13.0 Å². The van der Waals surface area contributed by atoms with Gasteiger partial charge in [0.1, 0.15) is 6.61 Å². The predicted molar refractivity (Wildman–Crippen MR) is 115 cm³/mol. The highest BCUT2D eigenvalue weighted by molar-refractivity contribution is 6.74. The lowest BCUT2D eigenvalue weighted by molar-refractivity contribution is -0.142. The first-order valence-electron chi connectivity index (χ1n) is 10.3. The second-order valence-electron chi connectivity index (χ2n) is 9.20. The molecule has 0 spiro atoms. The fourth-order valence-corrected chi connectivity index (χ4v) is 4.58. The topological polar surface area (TPSA) is 65.1 Å². The molecule has 2 atom stereocenters. The van der Waals surface area contributed by atoms with Crippen molar-refractivity contribution >= 4 is 20.4 Å². The minimum Gasteiger partial charge on any atom is -0.469 e. The maximum Gasteiger partial charge on any atom is 0.410 e. The third-order valence-electron chi connectivity index (χ3n) is 6.00. The van der Waals surface area contributed by atoms with E-state index in [4.69, 9.17) is 13.9 Å². The number of nitrogens with zero attached hydrogens (tertiary/aromatic N) is 1. The summed E-state index contributed by atoms with van der Waals surface area (Å²) in [4.78, 5) is 26.4. The Bertz CT molecular complexity index is 686. The van der Waals surface area contributed by atoms with Crippen molar-refractivity contribution in [3.8, 4) is 0 Å². The Morgan fingerprint density at radius 3 is 2.38 bits per heavy atom. The van der Waals surface area contributed by atoms with Crippen LogP contribution in [0.25, 0.3) is 0 Å². The molecule has 2 rings (SSSR count). The van der Waals surface area contributed by atoms with E-state index >= 15 is 0 Å². The van der Waals surface area contributed by atoms with Crippen molar-refractivity contribution < 1.29 is 23.5 Å². The highest BCUT2D eigenvalue weighted by atomic mass is 28.4. The molecule has 0 radical (unpaired) electrons. The largest absolute Gasteiger partial charge is 0.469 e. The number of ether oxygens (including phenoxy) is 2. The van der Waals surface area contributed by atoms with Gasteiger partial charge in [-0.25, -0.2) is 4.79 Å². The number of carbonyl (C=O) groups excluding carboxylic acids is 2. The van der Waals surface area contributed by atoms with Crippen LogP contribution >= 0.6 is 0 Å². The Morgan fingerprint density at radius 1 is 1.14 bits per heavy atom. The SMILES string of the molecule is COC(=O)C[C@@H]1CC[C@@H](O[Si](C)(C)C(C)(C)C)CN1C(=O)OCc1ccccc1. The Balaban J connectivity index is 2.08. The molecule has 1 saturated heterocycles. The van der Waals surface area contributed by atoms with Gasteiger partial charge in [0.15, 0.2) is 8.32 Å². The average Bonchev–Trinajstić information content (AvgIpc) is 2.66. The quantitative estimate of drug-likeness (QED) is 0.490. The minimum atomic E-state index is -1.96. The molecule has 1 aliphatic heterocycles. The third kappa shape index (κ3) is 6.57. The van der Waals surface area contributed by atoms with Gasteiger partial charge in [0, 0.05) is 12.6 Å². The second-order valence-corrected chi connectivity index (χ2v) is 14.0. The van der Waals surface area contributed by atoms with E-state index in [2.05, 4.69) is 33.9 Å². The van der Waals surface area contributed by atoms with E-state index in [9.17, 15) is 9.59 Å². The summed E-state index contributed by atoms with van der Waals surface area (Å²) in [6.45, 7) is 11.7. The molecule has 0 unspecified atom stereocenters. The molecule has 0 N–H and O–H groups in total. The lowest BCUT2D eigenvalue weighted by Crippen LogP contribution is -2.54. The van der Waals surface area contributed by atoms with Gasteiger partial charge in [-0.05, 0) is 36.5 Å². The van der Waals surface area contributed by atoms with Crippen LogP contribution in [0.1, 0.15) is 45.6 Å². The van der Waals surface area contributed by atoms with Crippen LogP contribution in [0, 0.1) is 0 Å². The van der Waals surface area contributed by atoms with E-state index in [1.807, 2.05) is 30.3 Å². The molecular formula is C22H35NO5Si. The van der Waals surface area contributed by atoms with Gasteiger partial charge in [-0.1, -0.05) is 51.1 Å². The number of esters is 1. The Hall–Kier alpha value is -1.86. The summed E-state index contributed by atoms with van der Waals surface area (Å²) in [7, 11) is -0.591. The van der Waals surface area contributed by atoms with Crippen molar-refractivity contribution in [2.45, 2.75) is 76.9 Å². The predicted octanol–water partition coefficient (Wildman–Crippen LogP) is 4.74. The number of rotatable bonds is 6. The van der Waals surface area contributed by atoms with Crippen LogP contribution in [0.5, 0.6) is 0 Å². The van der Waals surface area contributed by atoms with E-state index < -0.39 is 14.4 Å². The van der Waals surface area contributed by atoms with Gasteiger partial charge in [0.05, 0.1) is 19.6 Å². The highest BCUT2D eigenvalue weighted by Gasteiger charge is 2.42. The molecule has 0 aromatic heterocycles. The lowest BCUT2D eigenvalue weighted by Gasteiger charge is -2.44. The molecule has 1 aliphatic rings. The summed E-state index contributed by atoms with van der Waals surface area (Å²) >= 11 is 0. The molecular weight excluding hydrogens is 386 g/mol. The summed E-state index contributed by atoms with van der Waals surface area (Å²) in [5.41, 5.74) is 0.927. The van der Waals surface area contributed by atoms with Crippen molar-refractivity contribution in [1.82, 2.24) is 4.90 Å². The molecule has 29 heavy (non-hydrogen) atoms. The van der Waals surface area contributed by atoms with Crippen LogP contribution in [0.3, 0.4) is 0 Å². The summed E-state index contributed by atoms with van der Waals surface area (Å²) in [6, 6.07) is 9.34. The van der Waals surface area contributed by atoms with Crippen molar-refractivity contribution in [3.63, 3.8) is 0 Å². The van der Waals surface area contributed by atoms with Gasteiger partial charge < -0.3 is 18.8 Å². The van der Waals surface area contributed by atoms with Gasteiger partial charge in [-0.2, -0.15) is 0 Å². The maximum absolute atomic E-state index is 12.9. The van der Waals surface area contributed by atoms with Crippen molar-refractivity contribution in [1.29, 1.82) is 0 Å². The minimum absolute atomic E-state index is 0.0472. The smallest absolute Gasteiger partial charge is 0.410 e. The number of piperidine rings is 1. The normalized spacial score (nSPS) is 20.3. The molecule has 0 aliphatic carbocycles. The standard InChI is InChI=1S/C22H35NO5Si/c1-22(2,3)29(5,6)28-19-13-12-18(14-20(24)26-4)23(15-19)21(25)27-16-17-10-8-7-9-11-17/h7-11,18-19H,12-16H2,1-6H3/t18-,19+/m0/s1. The van der Waals surface area contributed by atoms with Crippen LogP contribution in [0.15, 0.2) is 30.3 Å². The molecule has 1 aromatic carbocycles. The number of likely N-dealkylation sites (tertiary alicyclic amines) is 1. The van der Waals surface area contributed by atoms with Crippen LogP contribution < -0.4 is 0 Å². The zero-order chi connectivity index (χ0) is 21.7. The number of amides is 1. The Kier molecular flexibility index (Phi) is 7.88. The number of carbonyl (C=O) groups is 2. The van der Waals surface area contributed by atoms with Crippen molar-refractivity contribution in [3.05, 3.63) is 35.9 Å².